The Morgan fingerprint density at radius 2 is 1.76 bits per heavy atom. The summed E-state index contributed by atoms with van der Waals surface area (Å²) in [4.78, 5) is 32.8. The monoisotopic (exact) mass is 407 g/mol. The maximum atomic E-state index is 13.3. The minimum atomic E-state index is -0.833. The Kier molecular flexibility index (Phi) is 8.41. The second-order valence-electron chi connectivity index (χ2n) is 6.29. The summed E-state index contributed by atoms with van der Waals surface area (Å²) >= 11 is 0. The average molecular weight is 407 g/mol. The molecule has 0 fully saturated rings. The molecule has 1 unspecified atom stereocenters. The van der Waals surface area contributed by atoms with E-state index in [1.165, 1.54) is 12.4 Å². The van der Waals surface area contributed by atoms with E-state index in [0.717, 1.165) is 18.2 Å². The molecule has 1 aromatic heterocycles. The zero-order chi connectivity index (χ0) is 21.2. The third-order valence-electron chi connectivity index (χ3n) is 3.84. The number of amides is 2. The minimum absolute atomic E-state index is 0.0547. The molecule has 0 spiro atoms. The number of carbonyl (C=O) groups excluding carboxylic acids is 2. The lowest BCUT2D eigenvalue weighted by Crippen LogP contribution is -2.44. The minimum Gasteiger partial charge on any atom is -0.395 e. The maximum absolute atomic E-state index is 13.3. The molecule has 0 aliphatic rings. The van der Waals surface area contributed by atoms with Crippen LogP contribution in [0.3, 0.4) is 0 Å². The highest BCUT2D eigenvalue weighted by atomic mass is 19.1. The van der Waals surface area contributed by atoms with Gasteiger partial charge in [-0.2, -0.15) is 0 Å². The molecule has 1 heterocycles. The fourth-order valence-corrected chi connectivity index (χ4v) is 2.58. The third kappa shape index (κ3) is 7.41. The molecule has 0 aliphatic heterocycles. The van der Waals surface area contributed by atoms with Gasteiger partial charge in [-0.3, -0.25) is 9.59 Å². The Morgan fingerprint density at radius 3 is 2.34 bits per heavy atom. The van der Waals surface area contributed by atoms with Crippen LogP contribution in [0.5, 0.6) is 0 Å². The van der Waals surface area contributed by atoms with Gasteiger partial charge in [-0.1, -0.05) is 13.3 Å². The molecule has 0 aliphatic carbocycles. The second-order valence-corrected chi connectivity index (χ2v) is 6.29. The van der Waals surface area contributed by atoms with Crippen molar-refractivity contribution in [1.82, 2.24) is 15.3 Å². The molecule has 156 valence electrons. The molecule has 0 radical (unpaired) electrons. The lowest BCUT2D eigenvalue weighted by atomic mass is 10.1. The first-order valence-corrected chi connectivity index (χ1v) is 9.13. The van der Waals surface area contributed by atoms with Crippen LogP contribution in [0.2, 0.25) is 0 Å². The van der Waals surface area contributed by atoms with Crippen LogP contribution in [0.25, 0.3) is 0 Å². The van der Waals surface area contributed by atoms with Gasteiger partial charge in [0.2, 0.25) is 11.8 Å². The van der Waals surface area contributed by atoms with Gasteiger partial charge < -0.3 is 21.1 Å². The Bertz CT molecular complexity index is 813. The van der Waals surface area contributed by atoms with Crippen molar-refractivity contribution < 1.29 is 23.5 Å². The number of hydrogen-bond donors (Lipinski definition) is 4. The number of benzene rings is 1. The molecule has 1 atom stereocenters. The number of aliphatic hydroxyl groups is 1. The topological polar surface area (TPSA) is 116 Å². The van der Waals surface area contributed by atoms with Crippen molar-refractivity contribution in [2.45, 2.75) is 32.2 Å². The van der Waals surface area contributed by atoms with E-state index in [1.54, 1.807) is 0 Å². The number of aliphatic hydroxyl groups excluding tert-OH is 1. The van der Waals surface area contributed by atoms with Crippen molar-refractivity contribution in [3.8, 4) is 0 Å². The SMILES string of the molecule is CCCC(NC(=O)Cc1cc(F)cc(F)c1)C(=O)Nc1cnc(NCCO)cn1. The van der Waals surface area contributed by atoms with Gasteiger partial charge in [0.1, 0.15) is 23.5 Å². The third-order valence-corrected chi connectivity index (χ3v) is 3.84. The molecule has 2 aromatic rings. The number of halogens is 2. The van der Waals surface area contributed by atoms with E-state index >= 15 is 0 Å². The number of nitrogens with one attached hydrogen (secondary N) is 3. The van der Waals surface area contributed by atoms with Gasteiger partial charge in [0.05, 0.1) is 25.4 Å². The smallest absolute Gasteiger partial charge is 0.248 e. The standard InChI is InChI=1S/C19H23F2N5O3/c1-2-3-15(25-18(28)8-12-6-13(20)9-14(21)7-12)19(29)26-17-11-23-16(10-24-17)22-4-5-27/h6-7,9-11,15,27H,2-5,8H2,1H3,(H,22,23)(H,25,28)(H,24,26,29). The zero-order valence-corrected chi connectivity index (χ0v) is 15.9. The quantitative estimate of drug-likeness (QED) is 0.476. The summed E-state index contributed by atoms with van der Waals surface area (Å²) < 4.78 is 26.5. The summed E-state index contributed by atoms with van der Waals surface area (Å²) in [5.74, 6) is -1.91. The molecule has 29 heavy (non-hydrogen) atoms. The summed E-state index contributed by atoms with van der Waals surface area (Å²) in [5, 5.41) is 16.7. The van der Waals surface area contributed by atoms with Crippen LogP contribution in [0.1, 0.15) is 25.3 Å². The van der Waals surface area contributed by atoms with Gasteiger partial charge in [-0.25, -0.2) is 18.7 Å². The molecule has 0 bridgehead atoms. The van der Waals surface area contributed by atoms with E-state index in [2.05, 4.69) is 25.9 Å². The van der Waals surface area contributed by atoms with E-state index in [4.69, 9.17) is 5.11 Å². The number of rotatable bonds is 10. The van der Waals surface area contributed by atoms with Gasteiger partial charge in [0.15, 0.2) is 5.82 Å². The fourth-order valence-electron chi connectivity index (χ4n) is 2.58. The van der Waals surface area contributed by atoms with Crippen molar-refractivity contribution in [3.05, 3.63) is 47.8 Å². The molecule has 2 rings (SSSR count). The number of aromatic nitrogens is 2. The molecule has 1 aromatic carbocycles. The zero-order valence-electron chi connectivity index (χ0n) is 15.9. The first-order chi connectivity index (χ1) is 13.9. The number of anilines is 2. The molecule has 8 nitrogen and oxygen atoms in total. The van der Waals surface area contributed by atoms with Crippen LogP contribution in [0.15, 0.2) is 30.6 Å². The number of hydrogen-bond acceptors (Lipinski definition) is 6. The fraction of sp³-hybridized carbons (Fsp3) is 0.368. The molecule has 10 heteroatoms. The normalized spacial score (nSPS) is 11.6. The lowest BCUT2D eigenvalue weighted by molar-refractivity contribution is -0.126. The molecule has 2 amide bonds. The van der Waals surface area contributed by atoms with E-state index in [-0.39, 0.29) is 24.4 Å². The number of nitrogens with zero attached hydrogens (tertiary/aromatic N) is 2. The predicted molar refractivity (Wildman–Crippen MR) is 103 cm³/mol. The van der Waals surface area contributed by atoms with Crippen LogP contribution < -0.4 is 16.0 Å². The van der Waals surface area contributed by atoms with E-state index in [0.29, 0.717) is 25.2 Å². The van der Waals surface area contributed by atoms with Crippen LogP contribution in [-0.4, -0.2) is 46.1 Å². The van der Waals surface area contributed by atoms with E-state index in [1.807, 2.05) is 6.92 Å². The lowest BCUT2D eigenvalue weighted by Gasteiger charge is -2.17. The highest BCUT2D eigenvalue weighted by Gasteiger charge is 2.21. The first-order valence-electron chi connectivity index (χ1n) is 9.13. The van der Waals surface area contributed by atoms with Crippen LogP contribution in [0.4, 0.5) is 20.4 Å². The molecule has 0 saturated carbocycles. The van der Waals surface area contributed by atoms with E-state index < -0.39 is 29.5 Å². The van der Waals surface area contributed by atoms with Crippen LogP contribution >= 0.6 is 0 Å². The summed E-state index contributed by atoms with van der Waals surface area (Å²) in [6, 6.07) is 2.03. The largest absolute Gasteiger partial charge is 0.395 e. The van der Waals surface area contributed by atoms with Crippen molar-refractivity contribution in [1.29, 1.82) is 0 Å². The Morgan fingerprint density at radius 1 is 1.10 bits per heavy atom. The van der Waals surface area contributed by atoms with Gasteiger partial charge in [-0.15, -0.1) is 0 Å². The van der Waals surface area contributed by atoms with E-state index in [9.17, 15) is 18.4 Å². The molecular weight excluding hydrogens is 384 g/mol. The Balaban J connectivity index is 1.96. The van der Waals surface area contributed by atoms with Crippen molar-refractivity contribution in [2.24, 2.45) is 0 Å². The van der Waals surface area contributed by atoms with Gasteiger partial charge in [0, 0.05) is 12.6 Å². The Labute approximate surface area is 166 Å². The van der Waals surface area contributed by atoms with Gasteiger partial charge in [-0.05, 0) is 24.1 Å². The summed E-state index contributed by atoms with van der Waals surface area (Å²) in [5.41, 5.74) is 0.174. The van der Waals surface area contributed by atoms with Crippen LogP contribution in [0, 0.1) is 11.6 Å². The summed E-state index contributed by atoms with van der Waals surface area (Å²) in [6.07, 6.45) is 3.49. The van der Waals surface area contributed by atoms with Crippen molar-refractivity contribution in [2.75, 3.05) is 23.8 Å². The molecule has 0 saturated heterocycles. The average Bonchev–Trinajstić information content (AvgIpc) is 2.66. The summed E-state index contributed by atoms with van der Waals surface area (Å²) in [7, 11) is 0. The first kappa shape index (κ1) is 22.2. The van der Waals surface area contributed by atoms with Gasteiger partial charge >= 0.3 is 0 Å². The maximum Gasteiger partial charge on any atom is 0.248 e. The van der Waals surface area contributed by atoms with Crippen molar-refractivity contribution in [3.63, 3.8) is 0 Å². The molecule has 4 N–H and O–H groups in total. The predicted octanol–water partition coefficient (Wildman–Crippen LogP) is 1.63. The summed E-state index contributed by atoms with van der Waals surface area (Å²) in [6.45, 7) is 2.12. The second kappa shape index (κ2) is 11.0. The molecular formula is C19H23F2N5O3. The number of carbonyl (C=O) groups is 2. The van der Waals surface area contributed by atoms with Crippen LogP contribution in [-0.2, 0) is 16.0 Å². The highest BCUT2D eigenvalue weighted by molar-refractivity contribution is 5.96. The highest BCUT2D eigenvalue weighted by Crippen LogP contribution is 2.10. The van der Waals surface area contributed by atoms with Gasteiger partial charge in [0.25, 0.3) is 0 Å². The Hall–Kier alpha value is -3.14. The van der Waals surface area contributed by atoms with Crippen molar-refractivity contribution >= 4 is 23.5 Å².